The van der Waals surface area contributed by atoms with Crippen molar-refractivity contribution in [3.05, 3.63) is 0 Å². The summed E-state index contributed by atoms with van der Waals surface area (Å²) in [5.41, 5.74) is 0.966. The molecule has 0 amide bonds. The van der Waals surface area contributed by atoms with Crippen molar-refractivity contribution in [1.82, 2.24) is 4.90 Å². The highest BCUT2D eigenvalue weighted by Crippen LogP contribution is 2.40. The number of likely N-dealkylation sites (tertiary alicyclic amines) is 1. The van der Waals surface area contributed by atoms with Crippen LogP contribution in [-0.4, -0.2) is 31.8 Å². The molecule has 0 aromatic carbocycles. The number of piperidine rings is 1. The van der Waals surface area contributed by atoms with Gasteiger partial charge >= 0.3 is 0 Å². The van der Waals surface area contributed by atoms with E-state index < -0.39 is 0 Å². The van der Waals surface area contributed by atoms with Gasteiger partial charge in [-0.05, 0) is 55.0 Å². The fourth-order valence-corrected chi connectivity index (χ4v) is 4.58. The molecule has 0 N–H and O–H groups in total. The molecule has 1 rings (SSSR count). The molecule has 1 heterocycles. The minimum atomic E-state index is 0.450. The molecule has 0 aromatic rings. The molecule has 0 atom stereocenters. The molecule has 1 aliphatic heterocycles. The fraction of sp³-hybridized carbons (Fsp3) is 1.00. The van der Waals surface area contributed by atoms with E-state index in [1.54, 1.807) is 0 Å². The van der Waals surface area contributed by atoms with E-state index in [1.807, 2.05) is 0 Å². The summed E-state index contributed by atoms with van der Waals surface area (Å²) >= 11 is 0. The lowest BCUT2D eigenvalue weighted by atomic mass is 9.60. The summed E-state index contributed by atoms with van der Waals surface area (Å²) in [6.45, 7) is 23.1. The summed E-state index contributed by atoms with van der Waals surface area (Å²) in [6, 6.07) is 0. The Bertz CT molecular complexity index is 325. The lowest BCUT2D eigenvalue weighted by Gasteiger charge is -2.43. The first kappa shape index (κ1) is 21.1. The van der Waals surface area contributed by atoms with Crippen LogP contribution < -0.4 is 0 Å². The van der Waals surface area contributed by atoms with Crippen molar-refractivity contribution in [2.24, 2.45) is 22.7 Å². The summed E-state index contributed by atoms with van der Waals surface area (Å²) in [6.07, 6.45) is 6.75. The Kier molecular flexibility index (Phi) is 8.18. The van der Waals surface area contributed by atoms with Crippen molar-refractivity contribution >= 4 is 7.28 Å². The maximum Gasteiger partial charge on any atom is 0.112 e. The molecule has 0 unspecified atom stereocenters. The van der Waals surface area contributed by atoms with E-state index >= 15 is 0 Å². The quantitative estimate of drug-likeness (QED) is 0.461. The van der Waals surface area contributed by atoms with Gasteiger partial charge in [0.25, 0.3) is 0 Å². The second kappa shape index (κ2) is 8.93. The average Bonchev–Trinajstić information content (AvgIpc) is 2.36. The summed E-state index contributed by atoms with van der Waals surface area (Å²) in [5.74, 6) is 2.46. The summed E-state index contributed by atoms with van der Waals surface area (Å²) in [5, 5.41) is 0. The number of rotatable bonds is 9. The SMILES string of the molecule is CC(C)[B]CCC(C)(C)CN1CCC(C(C)(C)CC(C)C)CC1. The van der Waals surface area contributed by atoms with Gasteiger partial charge < -0.3 is 4.90 Å². The Morgan fingerprint density at radius 3 is 2.04 bits per heavy atom. The molecule has 0 spiro atoms. The Labute approximate surface area is 148 Å². The van der Waals surface area contributed by atoms with Gasteiger partial charge in [0.05, 0.1) is 0 Å². The van der Waals surface area contributed by atoms with Crippen molar-refractivity contribution in [3.63, 3.8) is 0 Å². The van der Waals surface area contributed by atoms with Crippen LogP contribution in [0.2, 0.25) is 12.1 Å². The predicted octanol–water partition coefficient (Wildman–Crippen LogP) is 6.14. The van der Waals surface area contributed by atoms with Crippen LogP contribution in [0.3, 0.4) is 0 Å². The van der Waals surface area contributed by atoms with Crippen LogP contribution in [0.5, 0.6) is 0 Å². The van der Waals surface area contributed by atoms with E-state index in [0.717, 1.165) is 17.7 Å². The highest BCUT2D eigenvalue weighted by atomic mass is 15.1. The van der Waals surface area contributed by atoms with Gasteiger partial charge in [-0.2, -0.15) is 0 Å². The molecule has 23 heavy (non-hydrogen) atoms. The Balaban J connectivity index is 2.38. The Hall–Kier alpha value is 0.0249. The van der Waals surface area contributed by atoms with Crippen molar-refractivity contribution in [2.45, 2.75) is 93.2 Å². The van der Waals surface area contributed by atoms with Gasteiger partial charge in [0.15, 0.2) is 0 Å². The first-order valence-corrected chi connectivity index (χ1v) is 10.1. The van der Waals surface area contributed by atoms with E-state index in [2.05, 4.69) is 67.6 Å². The maximum atomic E-state index is 2.73. The Morgan fingerprint density at radius 2 is 1.57 bits per heavy atom. The van der Waals surface area contributed by atoms with Gasteiger partial charge in [-0.3, -0.25) is 0 Å². The van der Waals surface area contributed by atoms with Gasteiger partial charge in [0.2, 0.25) is 0 Å². The van der Waals surface area contributed by atoms with Crippen LogP contribution in [0.1, 0.15) is 81.1 Å². The summed E-state index contributed by atoms with van der Waals surface area (Å²) < 4.78 is 0. The molecule has 0 saturated carbocycles. The zero-order valence-electron chi connectivity index (χ0n) is 17.4. The third-order valence-corrected chi connectivity index (χ3v) is 5.74. The van der Waals surface area contributed by atoms with E-state index in [1.165, 1.54) is 51.6 Å². The smallest absolute Gasteiger partial charge is 0.112 e. The zero-order valence-corrected chi connectivity index (χ0v) is 17.4. The van der Waals surface area contributed by atoms with Gasteiger partial charge in [0.1, 0.15) is 7.28 Å². The van der Waals surface area contributed by atoms with Gasteiger partial charge in [-0.1, -0.05) is 73.9 Å². The second-order valence-corrected chi connectivity index (χ2v) is 10.3. The molecule has 1 radical (unpaired) electrons. The normalized spacial score (nSPS) is 18.9. The standard InChI is InChI=1S/C21H43BN/c1-17(2)15-21(7,8)19-9-13-23(14-10-19)16-20(5,6)11-12-22-18(3)4/h17-19H,9-16H2,1-8H3. The predicted molar refractivity (Wildman–Crippen MR) is 106 cm³/mol. The minimum absolute atomic E-state index is 0.450. The number of nitrogens with zero attached hydrogens (tertiary/aromatic N) is 1. The molecule has 0 aliphatic carbocycles. The van der Waals surface area contributed by atoms with E-state index in [-0.39, 0.29) is 0 Å². The molecular weight excluding hydrogens is 277 g/mol. The third kappa shape index (κ3) is 8.10. The molecule has 0 aromatic heterocycles. The minimum Gasteiger partial charge on any atom is -0.303 e. The fourth-order valence-electron chi connectivity index (χ4n) is 4.58. The van der Waals surface area contributed by atoms with Gasteiger partial charge in [-0.25, -0.2) is 0 Å². The lowest BCUT2D eigenvalue weighted by Crippen LogP contribution is -2.43. The van der Waals surface area contributed by atoms with Crippen LogP contribution >= 0.6 is 0 Å². The largest absolute Gasteiger partial charge is 0.303 e. The maximum absolute atomic E-state index is 2.73. The van der Waals surface area contributed by atoms with Crippen LogP contribution in [-0.2, 0) is 0 Å². The summed E-state index contributed by atoms with van der Waals surface area (Å²) in [4.78, 5) is 2.73. The topological polar surface area (TPSA) is 3.24 Å². The average molecular weight is 320 g/mol. The highest BCUT2D eigenvalue weighted by molar-refractivity contribution is 6.37. The van der Waals surface area contributed by atoms with Crippen molar-refractivity contribution in [3.8, 4) is 0 Å². The number of hydrogen-bond donors (Lipinski definition) is 0. The highest BCUT2D eigenvalue weighted by Gasteiger charge is 2.34. The van der Waals surface area contributed by atoms with Crippen LogP contribution in [0.15, 0.2) is 0 Å². The molecular formula is C21H43BN. The monoisotopic (exact) mass is 320 g/mol. The lowest BCUT2D eigenvalue weighted by molar-refractivity contribution is 0.0644. The first-order chi connectivity index (χ1) is 10.5. The summed E-state index contributed by atoms with van der Waals surface area (Å²) in [7, 11) is 2.47. The van der Waals surface area contributed by atoms with Gasteiger partial charge in [-0.15, -0.1) is 0 Å². The zero-order chi connectivity index (χ0) is 17.7. The van der Waals surface area contributed by atoms with Crippen molar-refractivity contribution < 1.29 is 0 Å². The molecule has 1 aliphatic rings. The van der Waals surface area contributed by atoms with E-state index in [9.17, 15) is 0 Å². The Morgan fingerprint density at radius 1 is 1.00 bits per heavy atom. The number of hydrogen-bond acceptors (Lipinski definition) is 1. The van der Waals surface area contributed by atoms with Crippen LogP contribution in [0.25, 0.3) is 0 Å². The van der Waals surface area contributed by atoms with Crippen molar-refractivity contribution in [2.75, 3.05) is 19.6 Å². The van der Waals surface area contributed by atoms with Crippen LogP contribution in [0, 0.1) is 22.7 Å². The molecule has 1 nitrogen and oxygen atoms in total. The molecule has 0 bridgehead atoms. The second-order valence-electron chi connectivity index (χ2n) is 10.3. The van der Waals surface area contributed by atoms with E-state index in [0.29, 0.717) is 10.8 Å². The first-order valence-electron chi connectivity index (χ1n) is 10.1. The molecule has 135 valence electrons. The van der Waals surface area contributed by atoms with Crippen molar-refractivity contribution in [1.29, 1.82) is 0 Å². The van der Waals surface area contributed by atoms with Crippen LogP contribution in [0.4, 0.5) is 0 Å². The molecule has 1 saturated heterocycles. The third-order valence-electron chi connectivity index (χ3n) is 5.74. The van der Waals surface area contributed by atoms with Gasteiger partial charge in [0, 0.05) is 6.54 Å². The molecule has 1 fully saturated rings. The molecule has 2 heteroatoms. The van der Waals surface area contributed by atoms with E-state index in [4.69, 9.17) is 0 Å².